The Balaban J connectivity index is 1.31. The molecule has 1 aliphatic rings. The number of morpholine rings is 1. The van der Waals surface area contributed by atoms with Crippen molar-refractivity contribution in [2.24, 2.45) is 0 Å². The van der Waals surface area contributed by atoms with Gasteiger partial charge in [-0.05, 0) is 79.2 Å². The molecule has 5 rings (SSSR count). The van der Waals surface area contributed by atoms with Gasteiger partial charge in [-0.1, -0.05) is 35.3 Å². The van der Waals surface area contributed by atoms with Gasteiger partial charge in [-0.2, -0.15) is 5.48 Å². The van der Waals surface area contributed by atoms with Crippen LogP contribution in [0.25, 0.3) is 0 Å². The molecule has 0 unspecified atom stereocenters. The lowest BCUT2D eigenvalue weighted by molar-refractivity contribution is 0.122. The minimum Gasteiger partial charge on any atom is -0.493 e. The Morgan fingerprint density at radius 3 is 2.35 bits per heavy atom. The molecule has 1 heterocycles. The van der Waals surface area contributed by atoms with E-state index >= 15 is 0 Å². The fourth-order valence-corrected chi connectivity index (χ4v) is 5.00. The fraction of sp³-hybridized carbons (Fsp3) is 0.219. The van der Waals surface area contributed by atoms with Crippen molar-refractivity contribution >= 4 is 46.3 Å². The summed E-state index contributed by atoms with van der Waals surface area (Å²) >= 11 is 12.4. The molecule has 43 heavy (non-hydrogen) atoms. The number of hydrogen-bond acceptors (Lipinski definition) is 7. The lowest BCUT2D eigenvalue weighted by Crippen LogP contribution is -2.36. The number of carbonyl (C=O) groups excluding carboxylic acids is 1. The average Bonchev–Trinajstić information content (AvgIpc) is 3.03. The van der Waals surface area contributed by atoms with Gasteiger partial charge in [0.25, 0.3) is 0 Å². The van der Waals surface area contributed by atoms with Crippen molar-refractivity contribution in [1.29, 1.82) is 0 Å². The van der Waals surface area contributed by atoms with Gasteiger partial charge in [-0.3, -0.25) is 0 Å². The van der Waals surface area contributed by atoms with Crippen molar-refractivity contribution in [3.63, 3.8) is 0 Å². The second kappa shape index (κ2) is 14.2. The zero-order chi connectivity index (χ0) is 30.2. The minimum absolute atomic E-state index is 0.283. The van der Waals surface area contributed by atoms with Crippen molar-refractivity contribution in [3.8, 4) is 23.0 Å². The third-order valence-corrected chi connectivity index (χ3v) is 7.39. The van der Waals surface area contributed by atoms with E-state index in [1.54, 1.807) is 37.4 Å². The zero-order valence-electron chi connectivity index (χ0n) is 23.8. The highest BCUT2D eigenvalue weighted by molar-refractivity contribution is 6.39. The van der Waals surface area contributed by atoms with E-state index in [9.17, 15) is 4.79 Å². The number of carbonyl (C=O) groups is 1. The lowest BCUT2D eigenvalue weighted by atomic mass is 10.1. The van der Waals surface area contributed by atoms with E-state index < -0.39 is 6.03 Å². The molecule has 1 fully saturated rings. The predicted molar refractivity (Wildman–Crippen MR) is 170 cm³/mol. The third kappa shape index (κ3) is 7.95. The topological polar surface area (TPSA) is 93.3 Å². The molecule has 9 nitrogen and oxygen atoms in total. The van der Waals surface area contributed by atoms with E-state index in [4.69, 9.17) is 42.3 Å². The Labute approximate surface area is 260 Å². The Morgan fingerprint density at radius 1 is 0.907 bits per heavy atom. The largest absolute Gasteiger partial charge is 0.493 e. The normalized spacial score (nSPS) is 12.8. The molecule has 0 spiro atoms. The number of methoxy groups -OCH3 is 1. The first-order valence-corrected chi connectivity index (χ1v) is 14.4. The molecule has 0 atom stereocenters. The molecule has 2 amide bonds. The van der Waals surface area contributed by atoms with E-state index in [1.807, 2.05) is 43.3 Å². The fourth-order valence-electron chi connectivity index (χ4n) is 4.51. The summed E-state index contributed by atoms with van der Waals surface area (Å²) in [6.45, 7) is 5.57. The van der Waals surface area contributed by atoms with Crippen LogP contribution < -0.4 is 35.3 Å². The van der Waals surface area contributed by atoms with E-state index in [-0.39, 0.29) is 5.69 Å². The van der Waals surface area contributed by atoms with Crippen LogP contribution in [-0.4, -0.2) is 39.4 Å². The van der Waals surface area contributed by atoms with Gasteiger partial charge in [0, 0.05) is 36.6 Å². The number of hydroxylamine groups is 1. The first-order chi connectivity index (χ1) is 20.9. The second-order valence-corrected chi connectivity index (χ2v) is 10.6. The van der Waals surface area contributed by atoms with Gasteiger partial charge < -0.3 is 34.6 Å². The maximum atomic E-state index is 12.6. The van der Waals surface area contributed by atoms with Crippen molar-refractivity contribution in [2.75, 3.05) is 48.9 Å². The monoisotopic (exact) mass is 622 g/mol. The molecular formula is C32H32Cl2N4O5. The first kappa shape index (κ1) is 30.2. The molecule has 0 bridgehead atoms. The van der Waals surface area contributed by atoms with Gasteiger partial charge >= 0.3 is 6.03 Å². The van der Waals surface area contributed by atoms with Crippen LogP contribution in [0.5, 0.6) is 23.0 Å². The van der Waals surface area contributed by atoms with E-state index in [0.717, 1.165) is 48.8 Å². The highest BCUT2D eigenvalue weighted by Crippen LogP contribution is 2.35. The SMILES string of the molecule is COc1cc(C)ccc1Oc1ccc(ONC(=O)Nc2c(Cl)cccc2Cl)c(CNc2ccc(N3CCOCC3)cc2)c1. The molecule has 224 valence electrons. The van der Waals surface area contributed by atoms with Crippen LogP contribution in [0.15, 0.2) is 78.9 Å². The van der Waals surface area contributed by atoms with Crippen molar-refractivity contribution in [1.82, 2.24) is 5.48 Å². The molecule has 1 saturated heterocycles. The number of anilines is 3. The predicted octanol–water partition coefficient (Wildman–Crippen LogP) is 7.67. The van der Waals surface area contributed by atoms with Crippen LogP contribution in [0, 0.1) is 6.92 Å². The van der Waals surface area contributed by atoms with E-state index in [1.165, 1.54) is 0 Å². The molecule has 0 radical (unpaired) electrons. The molecule has 0 aliphatic carbocycles. The smallest absolute Gasteiger partial charge is 0.352 e. The summed E-state index contributed by atoms with van der Waals surface area (Å²) in [7, 11) is 1.60. The number of halogens is 2. The number of hydrogen-bond donors (Lipinski definition) is 3. The number of aryl methyl sites for hydroxylation is 1. The molecule has 4 aromatic rings. The molecule has 11 heteroatoms. The number of para-hydroxylation sites is 1. The quantitative estimate of drug-likeness (QED) is 0.156. The van der Waals surface area contributed by atoms with Crippen LogP contribution in [-0.2, 0) is 11.3 Å². The average molecular weight is 624 g/mol. The number of nitrogens with zero attached hydrogens (tertiary/aromatic N) is 1. The van der Waals surface area contributed by atoms with Crippen molar-refractivity contribution in [2.45, 2.75) is 13.5 Å². The van der Waals surface area contributed by atoms with E-state index in [2.05, 4.69) is 33.1 Å². The van der Waals surface area contributed by atoms with Gasteiger partial charge in [0.15, 0.2) is 17.2 Å². The summed E-state index contributed by atoms with van der Waals surface area (Å²) in [6, 6.07) is 23.6. The lowest BCUT2D eigenvalue weighted by Gasteiger charge is -2.29. The molecule has 3 N–H and O–H groups in total. The maximum absolute atomic E-state index is 12.6. The standard InChI is InChI=1S/C32H32Cl2N4O5/c1-21-6-12-29(30(18-21)40-2)42-25-11-13-28(43-37-32(39)36-31-26(33)4-3-5-27(31)34)22(19-25)20-35-23-7-9-24(10-8-23)38-14-16-41-17-15-38/h3-13,18-19,35H,14-17,20H2,1-2H3,(H2,36,37,39). The Hall–Kier alpha value is -4.31. The Kier molecular flexibility index (Phi) is 9.99. The molecule has 1 aliphatic heterocycles. The number of ether oxygens (including phenoxy) is 3. The summed E-state index contributed by atoms with van der Waals surface area (Å²) in [5.74, 6) is 2.19. The maximum Gasteiger partial charge on any atom is 0.352 e. The number of amides is 2. The number of benzene rings is 4. The highest BCUT2D eigenvalue weighted by atomic mass is 35.5. The Bertz CT molecular complexity index is 1540. The number of rotatable bonds is 10. The summed E-state index contributed by atoms with van der Waals surface area (Å²) < 4.78 is 17.1. The van der Waals surface area contributed by atoms with E-state index in [0.29, 0.717) is 39.6 Å². The van der Waals surface area contributed by atoms with Gasteiger partial charge in [-0.25, -0.2) is 4.79 Å². The zero-order valence-corrected chi connectivity index (χ0v) is 25.3. The molecular weight excluding hydrogens is 591 g/mol. The third-order valence-electron chi connectivity index (χ3n) is 6.76. The van der Waals surface area contributed by atoms with Gasteiger partial charge in [0.2, 0.25) is 0 Å². The van der Waals surface area contributed by atoms with Gasteiger partial charge in [0.05, 0.1) is 36.1 Å². The molecule has 4 aromatic carbocycles. The second-order valence-electron chi connectivity index (χ2n) is 9.78. The Morgan fingerprint density at radius 2 is 1.63 bits per heavy atom. The van der Waals surface area contributed by atoms with Crippen LogP contribution in [0.4, 0.5) is 21.9 Å². The van der Waals surface area contributed by atoms with Gasteiger partial charge in [0.1, 0.15) is 5.75 Å². The van der Waals surface area contributed by atoms with Crippen LogP contribution >= 0.6 is 23.2 Å². The summed E-state index contributed by atoms with van der Waals surface area (Å²) in [5.41, 5.74) is 6.55. The van der Waals surface area contributed by atoms with Crippen molar-refractivity contribution < 1.29 is 23.8 Å². The summed E-state index contributed by atoms with van der Waals surface area (Å²) in [4.78, 5) is 20.6. The van der Waals surface area contributed by atoms with Crippen LogP contribution in [0.1, 0.15) is 11.1 Å². The molecule has 0 aromatic heterocycles. The highest BCUT2D eigenvalue weighted by Gasteiger charge is 2.15. The van der Waals surface area contributed by atoms with Crippen LogP contribution in [0.2, 0.25) is 10.0 Å². The minimum atomic E-state index is -0.641. The van der Waals surface area contributed by atoms with Crippen LogP contribution in [0.3, 0.4) is 0 Å². The number of urea groups is 1. The summed E-state index contributed by atoms with van der Waals surface area (Å²) in [6.07, 6.45) is 0. The molecule has 0 saturated carbocycles. The van der Waals surface area contributed by atoms with Crippen molar-refractivity contribution in [3.05, 3.63) is 100 Å². The summed E-state index contributed by atoms with van der Waals surface area (Å²) in [5, 5.41) is 6.65. The first-order valence-electron chi connectivity index (χ1n) is 13.7. The number of nitrogens with one attached hydrogen (secondary N) is 3. The van der Waals surface area contributed by atoms with Gasteiger partial charge in [-0.15, -0.1) is 0 Å².